The van der Waals surface area contributed by atoms with Gasteiger partial charge in [-0.15, -0.1) is 0 Å². The third-order valence-corrected chi connectivity index (χ3v) is 8.05. The summed E-state index contributed by atoms with van der Waals surface area (Å²) in [6, 6.07) is 22.2. The summed E-state index contributed by atoms with van der Waals surface area (Å²) in [4.78, 5) is 0. The summed E-state index contributed by atoms with van der Waals surface area (Å²) in [5, 5.41) is 0. The second-order valence-electron chi connectivity index (χ2n) is 5.98. The molecule has 0 bridgehead atoms. The SMILES string of the molecule is [CH]1[CH][CH][C](P2[C@H](c3ccccc3)CC[C@H]2c2ccccc2)[CH]1. The predicted octanol–water partition coefficient (Wildman–Crippen LogP) is 6.11. The third-order valence-electron chi connectivity index (χ3n) is 4.70. The highest BCUT2D eigenvalue weighted by Crippen LogP contribution is 2.76. The molecular weight excluding hydrogens is 283 g/mol. The Kier molecular flexibility index (Phi) is 4.30. The lowest BCUT2D eigenvalue weighted by Gasteiger charge is -2.31. The van der Waals surface area contributed by atoms with Gasteiger partial charge in [-0.3, -0.25) is 0 Å². The largest absolute Gasteiger partial charge is 0.0834 e. The second-order valence-corrected chi connectivity index (χ2v) is 8.56. The Morgan fingerprint density at radius 1 is 0.636 bits per heavy atom. The van der Waals surface area contributed by atoms with E-state index in [2.05, 4.69) is 86.3 Å². The Bertz CT molecular complexity index is 538. The van der Waals surface area contributed by atoms with Crippen molar-refractivity contribution in [3.05, 3.63) is 103 Å². The molecule has 1 aliphatic carbocycles. The summed E-state index contributed by atoms with van der Waals surface area (Å²) in [6.45, 7) is 0. The molecule has 22 heavy (non-hydrogen) atoms. The zero-order valence-corrected chi connectivity index (χ0v) is 13.5. The summed E-state index contributed by atoms with van der Waals surface area (Å²) >= 11 is 0. The van der Waals surface area contributed by atoms with Crippen molar-refractivity contribution in [3.8, 4) is 0 Å². The molecule has 0 aromatic heterocycles. The molecule has 0 N–H and O–H groups in total. The molecule has 0 nitrogen and oxygen atoms in total. The molecule has 4 rings (SSSR count). The van der Waals surface area contributed by atoms with Crippen LogP contribution in [0.3, 0.4) is 0 Å². The minimum Gasteiger partial charge on any atom is -0.0834 e. The lowest BCUT2D eigenvalue weighted by Crippen LogP contribution is -2.01. The summed E-state index contributed by atoms with van der Waals surface area (Å²) < 4.78 is 0. The Labute approximate surface area is 135 Å². The molecule has 109 valence electrons. The molecule has 1 saturated carbocycles. The van der Waals surface area contributed by atoms with E-state index in [1.54, 1.807) is 5.66 Å². The van der Waals surface area contributed by atoms with Gasteiger partial charge in [0, 0.05) is 17.0 Å². The van der Waals surface area contributed by atoms with E-state index in [1.165, 1.54) is 24.0 Å². The fraction of sp³-hybridized carbons (Fsp3) is 0.190. The maximum absolute atomic E-state index is 2.34. The fourth-order valence-corrected chi connectivity index (χ4v) is 7.22. The zero-order chi connectivity index (χ0) is 14.8. The van der Waals surface area contributed by atoms with E-state index in [0.717, 1.165) is 0 Å². The highest BCUT2D eigenvalue weighted by Gasteiger charge is 2.42. The number of benzene rings is 2. The predicted molar refractivity (Wildman–Crippen MR) is 95.0 cm³/mol. The van der Waals surface area contributed by atoms with Crippen molar-refractivity contribution in [2.45, 2.75) is 24.2 Å². The first kappa shape index (κ1) is 14.5. The highest BCUT2D eigenvalue weighted by atomic mass is 31.1. The summed E-state index contributed by atoms with van der Waals surface area (Å²) in [7, 11) is -0.183. The van der Waals surface area contributed by atoms with Gasteiger partial charge >= 0.3 is 0 Å². The highest BCUT2D eigenvalue weighted by molar-refractivity contribution is 7.62. The summed E-state index contributed by atoms with van der Waals surface area (Å²) in [5.41, 5.74) is 6.00. The van der Waals surface area contributed by atoms with Crippen LogP contribution in [0.25, 0.3) is 0 Å². The van der Waals surface area contributed by atoms with E-state index < -0.39 is 0 Å². The molecule has 2 aromatic carbocycles. The molecule has 0 amide bonds. The minimum absolute atomic E-state index is 0.183. The molecule has 1 heteroatoms. The van der Waals surface area contributed by atoms with E-state index in [1.807, 2.05) is 0 Å². The number of hydrogen-bond acceptors (Lipinski definition) is 0. The first-order chi connectivity index (χ1) is 10.9. The molecule has 0 spiro atoms. The molecule has 2 fully saturated rings. The van der Waals surface area contributed by atoms with Gasteiger partial charge in [0.2, 0.25) is 0 Å². The quantitative estimate of drug-likeness (QED) is 0.600. The van der Waals surface area contributed by atoms with Crippen molar-refractivity contribution in [2.75, 3.05) is 0 Å². The van der Waals surface area contributed by atoms with Crippen molar-refractivity contribution in [3.63, 3.8) is 0 Å². The topological polar surface area (TPSA) is 0 Å². The molecule has 1 heterocycles. The molecule has 2 atom stereocenters. The van der Waals surface area contributed by atoms with Crippen molar-refractivity contribution in [1.82, 2.24) is 0 Å². The smallest absolute Gasteiger partial charge is 0.00865 e. The van der Waals surface area contributed by atoms with Gasteiger partial charge in [0.25, 0.3) is 0 Å². The van der Waals surface area contributed by atoms with E-state index in [9.17, 15) is 0 Å². The number of hydrogen-bond donors (Lipinski definition) is 0. The first-order valence-corrected chi connectivity index (χ1v) is 9.51. The molecule has 1 aliphatic heterocycles. The monoisotopic (exact) mass is 303 g/mol. The molecule has 2 aromatic rings. The van der Waals surface area contributed by atoms with Gasteiger partial charge in [0.1, 0.15) is 0 Å². The summed E-state index contributed by atoms with van der Waals surface area (Å²) in [5.74, 6) is 0. The first-order valence-electron chi connectivity index (χ1n) is 8.03. The standard InChI is InChI=1S/C21H20P/c1-3-9-17(10-4-1)20-15-16-21(18-11-5-2-6-12-18)22(20)19-13-7-8-14-19/h1-14,20-21H,15-16H2/t20-,21-/m0/s1. The lowest BCUT2D eigenvalue weighted by molar-refractivity contribution is 0.765. The van der Waals surface area contributed by atoms with E-state index >= 15 is 0 Å². The van der Waals surface area contributed by atoms with E-state index in [4.69, 9.17) is 0 Å². The van der Waals surface area contributed by atoms with Crippen molar-refractivity contribution in [2.24, 2.45) is 0 Å². The normalized spacial score (nSPS) is 26.5. The van der Waals surface area contributed by atoms with E-state index in [-0.39, 0.29) is 7.92 Å². The Morgan fingerprint density at radius 3 is 1.55 bits per heavy atom. The third kappa shape index (κ3) is 2.74. The summed E-state index contributed by atoms with van der Waals surface area (Å²) in [6.07, 6.45) is 11.7. The average Bonchev–Trinajstić information content (AvgIpc) is 3.25. The van der Waals surface area contributed by atoms with Gasteiger partial charge < -0.3 is 0 Å². The van der Waals surface area contributed by atoms with Crippen LogP contribution < -0.4 is 0 Å². The maximum atomic E-state index is 2.34. The zero-order valence-electron chi connectivity index (χ0n) is 12.6. The Morgan fingerprint density at radius 2 is 1.09 bits per heavy atom. The van der Waals surface area contributed by atoms with Crippen LogP contribution in [-0.2, 0) is 0 Å². The fourth-order valence-electron chi connectivity index (χ4n) is 3.71. The van der Waals surface area contributed by atoms with Crippen LogP contribution in [0, 0.1) is 31.3 Å². The van der Waals surface area contributed by atoms with Crippen molar-refractivity contribution < 1.29 is 0 Å². The van der Waals surface area contributed by atoms with Gasteiger partial charge in [-0.05, 0) is 49.7 Å². The molecule has 5 radical (unpaired) electrons. The van der Waals surface area contributed by atoms with Gasteiger partial charge in [-0.1, -0.05) is 68.6 Å². The van der Waals surface area contributed by atoms with Crippen molar-refractivity contribution in [1.29, 1.82) is 0 Å². The van der Waals surface area contributed by atoms with E-state index in [0.29, 0.717) is 11.3 Å². The number of rotatable bonds is 3. The molecule has 1 saturated heterocycles. The second kappa shape index (κ2) is 6.55. The van der Waals surface area contributed by atoms with Gasteiger partial charge in [0.15, 0.2) is 0 Å². The van der Waals surface area contributed by atoms with Gasteiger partial charge in [-0.2, -0.15) is 0 Å². The van der Waals surface area contributed by atoms with Crippen LogP contribution in [-0.4, -0.2) is 0 Å². The minimum atomic E-state index is -0.183. The Balaban J connectivity index is 1.68. The Hall–Kier alpha value is -1.13. The molecule has 0 unspecified atom stereocenters. The maximum Gasteiger partial charge on any atom is 0.00865 e. The van der Waals surface area contributed by atoms with Crippen molar-refractivity contribution >= 4 is 7.92 Å². The molecule has 2 aliphatic rings. The average molecular weight is 303 g/mol. The molecular formula is C21H20P. The van der Waals surface area contributed by atoms with Crippen LogP contribution in [0.1, 0.15) is 35.3 Å². The van der Waals surface area contributed by atoms with Gasteiger partial charge in [0.05, 0.1) is 0 Å². The van der Waals surface area contributed by atoms with Crippen LogP contribution in [0.2, 0.25) is 0 Å². The van der Waals surface area contributed by atoms with Crippen LogP contribution in [0.15, 0.2) is 60.7 Å². The van der Waals surface area contributed by atoms with Gasteiger partial charge in [-0.25, -0.2) is 0 Å². The van der Waals surface area contributed by atoms with Crippen LogP contribution >= 0.6 is 7.92 Å². The van der Waals surface area contributed by atoms with Crippen LogP contribution in [0.5, 0.6) is 0 Å². The lowest BCUT2D eigenvalue weighted by atomic mass is 10.0. The van der Waals surface area contributed by atoms with Crippen LogP contribution in [0.4, 0.5) is 0 Å².